The van der Waals surface area contributed by atoms with E-state index in [1.807, 2.05) is 19.9 Å². The summed E-state index contributed by atoms with van der Waals surface area (Å²) in [5.74, 6) is 1.20. The number of rotatable bonds is 5. The van der Waals surface area contributed by atoms with E-state index >= 15 is 0 Å². The summed E-state index contributed by atoms with van der Waals surface area (Å²) >= 11 is 4.56. The summed E-state index contributed by atoms with van der Waals surface area (Å²) in [5, 5.41) is 13.2. The molecule has 0 aliphatic rings. The lowest BCUT2D eigenvalue weighted by atomic mass is 10.1. The average Bonchev–Trinajstić information content (AvgIpc) is 3.21. The second-order valence-electron chi connectivity index (χ2n) is 6.56. The number of H-pyrrole nitrogens is 1. The molecule has 0 saturated carbocycles. The van der Waals surface area contributed by atoms with Gasteiger partial charge in [0.1, 0.15) is 10.7 Å². The van der Waals surface area contributed by atoms with E-state index in [9.17, 15) is 4.79 Å². The van der Waals surface area contributed by atoms with Gasteiger partial charge in [-0.3, -0.25) is 4.79 Å². The summed E-state index contributed by atoms with van der Waals surface area (Å²) in [5.41, 5.74) is 4.42. The number of fused-ring (bicyclic) bond motifs is 1. The topological polar surface area (TPSA) is 83.6 Å². The predicted octanol–water partition coefficient (Wildman–Crippen LogP) is 5.11. The molecule has 28 heavy (non-hydrogen) atoms. The summed E-state index contributed by atoms with van der Waals surface area (Å²) < 4.78 is 0.827. The third kappa shape index (κ3) is 3.82. The maximum atomic E-state index is 12.4. The molecule has 0 radical (unpaired) electrons. The minimum atomic E-state index is -0.0724. The highest BCUT2D eigenvalue weighted by molar-refractivity contribution is 8.00. The van der Waals surface area contributed by atoms with Gasteiger partial charge in [-0.1, -0.05) is 29.2 Å². The van der Waals surface area contributed by atoms with Crippen LogP contribution in [0.5, 0.6) is 0 Å². The van der Waals surface area contributed by atoms with Gasteiger partial charge in [0.2, 0.25) is 5.13 Å². The second-order valence-corrected chi connectivity index (χ2v) is 9.97. The summed E-state index contributed by atoms with van der Waals surface area (Å²) in [4.78, 5) is 21.8. The molecule has 0 aliphatic carbocycles. The van der Waals surface area contributed by atoms with Crippen molar-refractivity contribution in [1.82, 2.24) is 20.2 Å². The fraction of sp³-hybridized carbons (Fsp3) is 0.263. The van der Waals surface area contributed by atoms with Crippen molar-refractivity contribution in [3.63, 3.8) is 0 Å². The molecule has 0 bridgehead atoms. The first-order valence-electron chi connectivity index (χ1n) is 8.70. The van der Waals surface area contributed by atoms with Crippen molar-refractivity contribution >= 4 is 55.5 Å². The molecule has 0 atom stereocenters. The molecule has 1 aromatic carbocycles. The molecule has 0 unspecified atom stereocenters. The smallest absolute Gasteiger partial charge is 0.259 e. The van der Waals surface area contributed by atoms with Gasteiger partial charge in [-0.2, -0.15) is 0 Å². The van der Waals surface area contributed by atoms with E-state index in [-0.39, 0.29) is 5.56 Å². The first-order valence-corrected chi connectivity index (χ1v) is 11.3. The highest BCUT2D eigenvalue weighted by Crippen LogP contribution is 2.31. The largest absolute Gasteiger partial charge is 0.330 e. The fourth-order valence-electron chi connectivity index (χ4n) is 2.76. The Morgan fingerprint density at radius 2 is 1.93 bits per heavy atom. The molecule has 0 spiro atoms. The number of aromatic amines is 1. The molecule has 6 nitrogen and oxygen atoms in total. The van der Waals surface area contributed by atoms with Crippen LogP contribution in [0, 0.1) is 27.7 Å². The van der Waals surface area contributed by atoms with Gasteiger partial charge in [0.05, 0.1) is 11.1 Å². The fourth-order valence-corrected chi connectivity index (χ4v) is 5.45. The third-order valence-corrected chi connectivity index (χ3v) is 7.67. The summed E-state index contributed by atoms with van der Waals surface area (Å²) in [6, 6.07) is 6.21. The molecule has 2 N–H and O–H groups in total. The lowest BCUT2D eigenvalue weighted by Crippen LogP contribution is -2.10. The van der Waals surface area contributed by atoms with E-state index in [0.717, 1.165) is 30.4 Å². The zero-order valence-electron chi connectivity index (χ0n) is 15.9. The van der Waals surface area contributed by atoms with Crippen LogP contribution in [0.15, 0.2) is 27.3 Å². The number of nitrogens with one attached hydrogen (secondary N) is 2. The minimum Gasteiger partial charge on any atom is -0.330 e. The molecular weight excluding hydrogens is 410 g/mol. The Morgan fingerprint density at radius 3 is 2.71 bits per heavy atom. The van der Waals surface area contributed by atoms with Crippen molar-refractivity contribution in [3.8, 4) is 0 Å². The van der Waals surface area contributed by atoms with Crippen LogP contribution in [0.1, 0.15) is 27.4 Å². The van der Waals surface area contributed by atoms with E-state index in [2.05, 4.69) is 51.5 Å². The Kier molecular flexibility index (Phi) is 5.22. The Labute approximate surface area is 174 Å². The van der Waals surface area contributed by atoms with Crippen LogP contribution in [-0.2, 0) is 5.75 Å². The number of nitrogens with zero attached hydrogens (tertiary/aromatic N) is 3. The molecule has 9 heteroatoms. The second kappa shape index (κ2) is 7.65. The zero-order chi connectivity index (χ0) is 19.8. The lowest BCUT2D eigenvalue weighted by Gasteiger charge is -2.05. The molecule has 3 heterocycles. The van der Waals surface area contributed by atoms with E-state index in [4.69, 9.17) is 0 Å². The van der Waals surface area contributed by atoms with Crippen molar-refractivity contribution in [2.24, 2.45) is 0 Å². The van der Waals surface area contributed by atoms with Crippen LogP contribution in [-0.4, -0.2) is 20.2 Å². The number of aromatic nitrogens is 4. The minimum absolute atomic E-state index is 0.0724. The van der Waals surface area contributed by atoms with Crippen LogP contribution >= 0.6 is 34.4 Å². The SMILES string of the molecule is Cc1ccc(Nc2nnc(SCc3nc4sc(C)c(C)c4c(=O)[nH]3)s2)cc1C. The number of thiophene rings is 1. The van der Waals surface area contributed by atoms with Gasteiger partial charge < -0.3 is 10.3 Å². The Bertz CT molecular complexity index is 1220. The molecule has 4 aromatic rings. The molecule has 0 aliphatic heterocycles. The number of anilines is 2. The standard InChI is InChI=1S/C19H19N5OS3/c1-9-5-6-13(7-10(9)2)20-18-23-24-19(28-18)26-8-14-21-16(25)15-11(3)12(4)27-17(15)22-14/h5-7H,8H2,1-4H3,(H,20,23)(H,21,22,25). The normalized spacial score (nSPS) is 11.3. The third-order valence-electron chi connectivity index (χ3n) is 4.59. The van der Waals surface area contributed by atoms with Gasteiger partial charge in [-0.05, 0) is 56.5 Å². The van der Waals surface area contributed by atoms with Crippen molar-refractivity contribution in [2.45, 2.75) is 37.8 Å². The highest BCUT2D eigenvalue weighted by atomic mass is 32.2. The lowest BCUT2D eigenvalue weighted by molar-refractivity contribution is 1.00. The molecular formula is C19H19N5OS3. The molecule has 0 amide bonds. The van der Waals surface area contributed by atoms with E-state index < -0.39 is 0 Å². The first kappa shape index (κ1) is 19.1. The van der Waals surface area contributed by atoms with Gasteiger partial charge in [-0.15, -0.1) is 21.5 Å². The maximum absolute atomic E-state index is 12.4. The average molecular weight is 430 g/mol. The molecule has 144 valence electrons. The van der Waals surface area contributed by atoms with Crippen molar-refractivity contribution < 1.29 is 0 Å². The van der Waals surface area contributed by atoms with Crippen molar-refractivity contribution in [1.29, 1.82) is 0 Å². The number of hydrogen-bond donors (Lipinski definition) is 2. The number of benzene rings is 1. The number of thioether (sulfide) groups is 1. The van der Waals surface area contributed by atoms with Gasteiger partial charge in [-0.25, -0.2) is 4.98 Å². The summed E-state index contributed by atoms with van der Waals surface area (Å²) in [7, 11) is 0. The van der Waals surface area contributed by atoms with E-state index in [1.165, 1.54) is 34.2 Å². The van der Waals surface area contributed by atoms with Crippen molar-refractivity contribution in [2.75, 3.05) is 5.32 Å². The Morgan fingerprint density at radius 1 is 1.11 bits per heavy atom. The van der Waals surface area contributed by atoms with Crippen LogP contribution in [0.3, 0.4) is 0 Å². The highest BCUT2D eigenvalue weighted by Gasteiger charge is 2.13. The van der Waals surface area contributed by atoms with Gasteiger partial charge >= 0.3 is 0 Å². The number of hydrogen-bond acceptors (Lipinski definition) is 8. The first-order chi connectivity index (χ1) is 13.4. The van der Waals surface area contributed by atoms with Gasteiger partial charge in [0.15, 0.2) is 4.34 Å². The zero-order valence-corrected chi connectivity index (χ0v) is 18.4. The van der Waals surface area contributed by atoms with E-state index in [1.54, 1.807) is 11.3 Å². The quantitative estimate of drug-likeness (QED) is 0.429. The summed E-state index contributed by atoms with van der Waals surface area (Å²) in [6.07, 6.45) is 0. The molecule has 3 aromatic heterocycles. The van der Waals surface area contributed by atoms with Crippen LogP contribution in [0.25, 0.3) is 10.2 Å². The monoisotopic (exact) mass is 429 g/mol. The molecule has 0 fully saturated rings. The van der Waals surface area contributed by atoms with Crippen LogP contribution < -0.4 is 10.9 Å². The Balaban J connectivity index is 1.46. The van der Waals surface area contributed by atoms with Crippen LogP contribution in [0.4, 0.5) is 10.8 Å². The van der Waals surface area contributed by atoms with Gasteiger partial charge in [0, 0.05) is 10.6 Å². The Hall–Kier alpha value is -2.23. The molecule has 4 rings (SSSR count). The van der Waals surface area contributed by atoms with Gasteiger partial charge in [0.25, 0.3) is 5.56 Å². The number of aryl methyl sites for hydroxylation is 4. The summed E-state index contributed by atoms with van der Waals surface area (Å²) in [6.45, 7) is 8.15. The predicted molar refractivity (Wildman–Crippen MR) is 118 cm³/mol. The van der Waals surface area contributed by atoms with Crippen LogP contribution in [0.2, 0.25) is 0 Å². The van der Waals surface area contributed by atoms with Crippen molar-refractivity contribution in [3.05, 3.63) is 55.9 Å². The van der Waals surface area contributed by atoms with E-state index in [0.29, 0.717) is 17.0 Å². The molecule has 0 saturated heterocycles. The maximum Gasteiger partial charge on any atom is 0.259 e.